The Hall–Kier alpha value is -2.10. The number of benzene rings is 1. The lowest BCUT2D eigenvalue weighted by Gasteiger charge is -2.18. The van der Waals surface area contributed by atoms with Crippen LogP contribution in [0.2, 0.25) is 0 Å². The molecule has 0 unspecified atom stereocenters. The summed E-state index contributed by atoms with van der Waals surface area (Å²) in [6, 6.07) is 9.22. The monoisotopic (exact) mass is 219 g/mol. The third kappa shape index (κ3) is 3.24. The number of hydrogen-bond acceptors (Lipinski definition) is 2. The Morgan fingerprint density at radius 2 is 1.94 bits per heavy atom. The molecule has 0 aliphatic heterocycles. The topological polar surface area (TPSA) is 57.6 Å². The van der Waals surface area contributed by atoms with E-state index in [0.29, 0.717) is 0 Å². The van der Waals surface area contributed by atoms with Gasteiger partial charge in [0.25, 0.3) is 0 Å². The molecule has 0 aliphatic carbocycles. The maximum absolute atomic E-state index is 11.3. The first-order chi connectivity index (χ1) is 7.65. The molecule has 84 valence electrons. The Labute approximate surface area is 93.8 Å². The van der Waals surface area contributed by atoms with Gasteiger partial charge in [0.2, 0.25) is 0 Å². The highest BCUT2D eigenvalue weighted by Crippen LogP contribution is 2.04. The second-order valence-corrected chi connectivity index (χ2v) is 3.27. The molecule has 16 heavy (non-hydrogen) atoms. The molecule has 0 aliphatic rings. The van der Waals surface area contributed by atoms with E-state index in [1.807, 2.05) is 30.3 Å². The Balaban J connectivity index is 2.76. The van der Waals surface area contributed by atoms with Crippen LogP contribution < -0.4 is 0 Å². The lowest BCUT2D eigenvalue weighted by molar-refractivity contribution is -0.155. The zero-order valence-electron chi connectivity index (χ0n) is 8.80. The van der Waals surface area contributed by atoms with Crippen LogP contribution in [0.3, 0.4) is 0 Å². The minimum atomic E-state index is -1.45. The number of carboxylic acids is 1. The molecule has 1 N–H and O–H groups in total. The molecular weight excluding hydrogens is 206 g/mol. The minimum Gasteiger partial charge on any atom is -0.474 e. The first-order valence-corrected chi connectivity index (χ1v) is 4.82. The summed E-state index contributed by atoms with van der Waals surface area (Å²) >= 11 is 0. The number of carbonyl (C=O) groups excluding carboxylic acids is 1. The van der Waals surface area contributed by atoms with Crippen LogP contribution in [-0.2, 0) is 16.1 Å². The fourth-order valence-electron chi connectivity index (χ4n) is 1.31. The maximum atomic E-state index is 11.3. The van der Waals surface area contributed by atoms with Crippen molar-refractivity contribution in [2.45, 2.75) is 6.54 Å². The molecule has 1 aromatic rings. The van der Waals surface area contributed by atoms with Crippen LogP contribution in [0.5, 0.6) is 0 Å². The van der Waals surface area contributed by atoms with Crippen LogP contribution in [0.15, 0.2) is 43.0 Å². The predicted octanol–water partition coefficient (Wildman–Crippen LogP) is 1.29. The summed E-state index contributed by atoms with van der Waals surface area (Å²) in [7, 11) is 0. The van der Waals surface area contributed by atoms with Crippen molar-refractivity contribution in [1.82, 2.24) is 4.90 Å². The maximum Gasteiger partial charge on any atom is 0.394 e. The first-order valence-electron chi connectivity index (χ1n) is 4.82. The molecule has 0 spiro atoms. The van der Waals surface area contributed by atoms with E-state index in [-0.39, 0.29) is 13.1 Å². The van der Waals surface area contributed by atoms with Crippen molar-refractivity contribution in [3.8, 4) is 0 Å². The lowest BCUT2D eigenvalue weighted by Crippen LogP contribution is -2.36. The second kappa shape index (κ2) is 5.70. The van der Waals surface area contributed by atoms with Crippen LogP contribution in [0.25, 0.3) is 0 Å². The van der Waals surface area contributed by atoms with Crippen LogP contribution in [-0.4, -0.2) is 28.4 Å². The van der Waals surface area contributed by atoms with E-state index in [9.17, 15) is 9.59 Å². The van der Waals surface area contributed by atoms with Gasteiger partial charge >= 0.3 is 11.9 Å². The van der Waals surface area contributed by atoms with E-state index in [1.165, 1.54) is 11.0 Å². The quantitative estimate of drug-likeness (QED) is 0.613. The zero-order chi connectivity index (χ0) is 12.0. The molecule has 0 atom stereocenters. The number of aliphatic carboxylic acids is 1. The van der Waals surface area contributed by atoms with Crippen molar-refractivity contribution in [2.24, 2.45) is 0 Å². The summed E-state index contributed by atoms with van der Waals surface area (Å²) in [5, 5.41) is 8.63. The highest BCUT2D eigenvalue weighted by molar-refractivity contribution is 6.31. The van der Waals surface area contributed by atoms with Gasteiger partial charge in [0, 0.05) is 13.1 Å². The summed E-state index contributed by atoms with van der Waals surface area (Å²) in [5.74, 6) is -2.36. The molecule has 4 heteroatoms. The van der Waals surface area contributed by atoms with Gasteiger partial charge in [0.05, 0.1) is 0 Å². The number of nitrogens with zero attached hydrogens (tertiary/aromatic N) is 1. The van der Waals surface area contributed by atoms with Gasteiger partial charge in [-0.2, -0.15) is 0 Å². The normalized spacial score (nSPS) is 9.50. The Bertz CT molecular complexity index is 387. The smallest absolute Gasteiger partial charge is 0.394 e. The van der Waals surface area contributed by atoms with E-state index in [1.54, 1.807) is 0 Å². The standard InChI is InChI=1S/C12H13NO3/c1-2-8-13(11(14)12(15)16)9-10-6-4-3-5-7-10/h2-7H,1,8-9H2,(H,15,16). The largest absolute Gasteiger partial charge is 0.474 e. The lowest BCUT2D eigenvalue weighted by atomic mass is 10.2. The summed E-state index contributed by atoms with van der Waals surface area (Å²) < 4.78 is 0. The molecular formula is C12H13NO3. The molecule has 4 nitrogen and oxygen atoms in total. The summed E-state index contributed by atoms with van der Waals surface area (Å²) in [4.78, 5) is 23.1. The van der Waals surface area contributed by atoms with Crippen molar-refractivity contribution in [3.63, 3.8) is 0 Å². The molecule has 1 aromatic carbocycles. The molecule has 1 rings (SSSR count). The SMILES string of the molecule is C=CCN(Cc1ccccc1)C(=O)C(=O)O. The molecule has 0 heterocycles. The average Bonchev–Trinajstić information content (AvgIpc) is 2.29. The average molecular weight is 219 g/mol. The fourth-order valence-corrected chi connectivity index (χ4v) is 1.31. The van der Waals surface area contributed by atoms with E-state index < -0.39 is 11.9 Å². The van der Waals surface area contributed by atoms with E-state index >= 15 is 0 Å². The molecule has 0 fully saturated rings. The Kier molecular flexibility index (Phi) is 4.27. The number of rotatable bonds is 4. The molecule has 0 bridgehead atoms. The fraction of sp³-hybridized carbons (Fsp3) is 0.167. The van der Waals surface area contributed by atoms with Crippen LogP contribution >= 0.6 is 0 Å². The summed E-state index contributed by atoms with van der Waals surface area (Å²) in [5.41, 5.74) is 0.888. The van der Waals surface area contributed by atoms with Gasteiger partial charge in [-0.25, -0.2) is 4.79 Å². The summed E-state index contributed by atoms with van der Waals surface area (Å²) in [6.07, 6.45) is 1.50. The van der Waals surface area contributed by atoms with Gasteiger partial charge in [0.15, 0.2) is 0 Å². The van der Waals surface area contributed by atoms with Crippen LogP contribution in [0, 0.1) is 0 Å². The molecule has 1 amide bonds. The number of amides is 1. The van der Waals surface area contributed by atoms with Crippen LogP contribution in [0.4, 0.5) is 0 Å². The first kappa shape index (κ1) is 12.0. The van der Waals surface area contributed by atoms with Crippen molar-refractivity contribution in [3.05, 3.63) is 48.6 Å². The van der Waals surface area contributed by atoms with Gasteiger partial charge in [-0.1, -0.05) is 36.4 Å². The minimum absolute atomic E-state index is 0.222. The summed E-state index contributed by atoms with van der Waals surface area (Å²) in [6.45, 7) is 4.00. The highest BCUT2D eigenvalue weighted by Gasteiger charge is 2.19. The molecule has 0 radical (unpaired) electrons. The van der Waals surface area contributed by atoms with Crippen molar-refractivity contribution in [1.29, 1.82) is 0 Å². The van der Waals surface area contributed by atoms with E-state index in [4.69, 9.17) is 5.11 Å². The van der Waals surface area contributed by atoms with E-state index in [0.717, 1.165) is 5.56 Å². The van der Waals surface area contributed by atoms with Crippen molar-refractivity contribution >= 4 is 11.9 Å². The van der Waals surface area contributed by atoms with E-state index in [2.05, 4.69) is 6.58 Å². The Morgan fingerprint density at radius 1 is 1.31 bits per heavy atom. The van der Waals surface area contributed by atoms with Crippen molar-refractivity contribution in [2.75, 3.05) is 6.54 Å². The third-order valence-corrected chi connectivity index (χ3v) is 2.04. The van der Waals surface area contributed by atoms with Gasteiger partial charge in [-0.15, -0.1) is 6.58 Å². The highest BCUT2D eigenvalue weighted by atomic mass is 16.4. The van der Waals surface area contributed by atoms with Gasteiger partial charge < -0.3 is 10.0 Å². The number of carboxylic acid groups (broad SMARTS) is 1. The number of hydrogen-bond donors (Lipinski definition) is 1. The molecule has 0 saturated carbocycles. The molecule has 0 aromatic heterocycles. The molecule has 0 saturated heterocycles. The predicted molar refractivity (Wildman–Crippen MR) is 59.7 cm³/mol. The van der Waals surface area contributed by atoms with Gasteiger partial charge in [-0.05, 0) is 5.56 Å². The zero-order valence-corrected chi connectivity index (χ0v) is 8.80. The third-order valence-electron chi connectivity index (χ3n) is 2.04. The second-order valence-electron chi connectivity index (χ2n) is 3.27. The van der Waals surface area contributed by atoms with Gasteiger partial charge in [-0.3, -0.25) is 4.79 Å². The Morgan fingerprint density at radius 3 is 2.44 bits per heavy atom. The van der Waals surface area contributed by atoms with Crippen LogP contribution in [0.1, 0.15) is 5.56 Å². The van der Waals surface area contributed by atoms with Crippen molar-refractivity contribution < 1.29 is 14.7 Å². The van der Waals surface area contributed by atoms with Gasteiger partial charge in [0.1, 0.15) is 0 Å². The number of carbonyl (C=O) groups is 2.